The lowest BCUT2D eigenvalue weighted by molar-refractivity contribution is 0.275. The molecule has 122 valence electrons. The van der Waals surface area contributed by atoms with Crippen molar-refractivity contribution in [2.24, 2.45) is 0 Å². The standard InChI is InChI=1S/C18H19ClFNO2/c1-2-7-23-18-6-4-14(9-16(18)19)11-21-10-13-3-5-17(20)15(8-13)12-22/h2-6,8-9,21-22H,1,7,10-12H2. The van der Waals surface area contributed by atoms with Gasteiger partial charge in [-0.1, -0.05) is 36.4 Å². The minimum atomic E-state index is -0.391. The molecule has 0 bridgehead atoms. The summed E-state index contributed by atoms with van der Waals surface area (Å²) in [4.78, 5) is 0. The van der Waals surface area contributed by atoms with Crippen molar-refractivity contribution in [2.45, 2.75) is 19.7 Å². The lowest BCUT2D eigenvalue weighted by Gasteiger charge is -2.10. The summed E-state index contributed by atoms with van der Waals surface area (Å²) in [7, 11) is 0. The second kappa shape index (κ2) is 8.67. The predicted octanol–water partition coefficient (Wildman–Crippen LogP) is 3.83. The number of aliphatic hydroxyl groups is 1. The summed E-state index contributed by atoms with van der Waals surface area (Å²) < 4.78 is 18.7. The molecule has 0 heterocycles. The van der Waals surface area contributed by atoms with Crippen molar-refractivity contribution in [3.05, 3.63) is 76.6 Å². The first kappa shape index (κ1) is 17.5. The topological polar surface area (TPSA) is 41.5 Å². The smallest absolute Gasteiger partial charge is 0.138 e. The van der Waals surface area contributed by atoms with Crippen molar-refractivity contribution in [1.82, 2.24) is 5.32 Å². The van der Waals surface area contributed by atoms with Gasteiger partial charge in [-0.05, 0) is 35.4 Å². The third-order valence-corrected chi connectivity index (χ3v) is 3.59. The molecule has 23 heavy (non-hydrogen) atoms. The van der Waals surface area contributed by atoms with Crippen molar-refractivity contribution >= 4 is 11.6 Å². The molecule has 0 fully saturated rings. The van der Waals surface area contributed by atoms with Gasteiger partial charge in [-0.3, -0.25) is 0 Å². The summed E-state index contributed by atoms with van der Waals surface area (Å²) in [5.74, 6) is 0.236. The van der Waals surface area contributed by atoms with Crippen LogP contribution in [0.15, 0.2) is 49.1 Å². The van der Waals surface area contributed by atoms with Gasteiger partial charge in [0.1, 0.15) is 18.2 Å². The van der Waals surface area contributed by atoms with Gasteiger partial charge in [0.2, 0.25) is 0 Å². The van der Waals surface area contributed by atoms with Crippen molar-refractivity contribution in [1.29, 1.82) is 0 Å². The SMILES string of the molecule is C=CCOc1ccc(CNCc2ccc(F)c(CO)c2)cc1Cl. The van der Waals surface area contributed by atoms with Crippen molar-refractivity contribution in [3.8, 4) is 5.75 Å². The molecule has 0 aromatic heterocycles. The van der Waals surface area contributed by atoms with E-state index in [2.05, 4.69) is 11.9 Å². The van der Waals surface area contributed by atoms with Crippen LogP contribution in [-0.4, -0.2) is 11.7 Å². The molecular formula is C18H19ClFNO2. The van der Waals surface area contributed by atoms with E-state index in [1.165, 1.54) is 6.07 Å². The van der Waals surface area contributed by atoms with Crippen molar-refractivity contribution in [3.63, 3.8) is 0 Å². The highest BCUT2D eigenvalue weighted by molar-refractivity contribution is 6.32. The molecular weight excluding hydrogens is 317 g/mol. The molecule has 2 aromatic carbocycles. The van der Waals surface area contributed by atoms with Crippen LogP contribution in [-0.2, 0) is 19.7 Å². The van der Waals surface area contributed by atoms with E-state index < -0.39 is 5.82 Å². The number of hydrogen-bond donors (Lipinski definition) is 2. The van der Waals surface area contributed by atoms with Crippen LogP contribution < -0.4 is 10.1 Å². The average molecular weight is 336 g/mol. The fourth-order valence-electron chi connectivity index (χ4n) is 2.13. The summed E-state index contributed by atoms with van der Waals surface area (Å²) in [6.07, 6.45) is 1.66. The molecule has 0 unspecified atom stereocenters. The third kappa shape index (κ3) is 5.06. The first-order valence-electron chi connectivity index (χ1n) is 7.25. The van der Waals surface area contributed by atoms with Gasteiger partial charge in [-0.2, -0.15) is 0 Å². The first-order valence-corrected chi connectivity index (χ1v) is 7.63. The van der Waals surface area contributed by atoms with Gasteiger partial charge in [-0.15, -0.1) is 0 Å². The van der Waals surface area contributed by atoms with Crippen molar-refractivity contribution in [2.75, 3.05) is 6.61 Å². The van der Waals surface area contributed by atoms with Gasteiger partial charge in [0.05, 0.1) is 11.6 Å². The maximum atomic E-state index is 13.3. The number of nitrogens with one attached hydrogen (secondary N) is 1. The largest absolute Gasteiger partial charge is 0.488 e. The van der Waals surface area contributed by atoms with E-state index in [-0.39, 0.29) is 6.61 Å². The van der Waals surface area contributed by atoms with Crippen molar-refractivity contribution < 1.29 is 14.2 Å². The molecule has 2 aromatic rings. The summed E-state index contributed by atoms with van der Waals surface area (Å²) in [6, 6.07) is 10.3. The maximum Gasteiger partial charge on any atom is 0.138 e. The minimum Gasteiger partial charge on any atom is -0.488 e. The Hall–Kier alpha value is -1.88. The van der Waals surface area contributed by atoms with Crippen LogP contribution in [0.4, 0.5) is 4.39 Å². The highest BCUT2D eigenvalue weighted by Gasteiger charge is 2.04. The summed E-state index contributed by atoms with van der Waals surface area (Å²) in [6.45, 7) is 4.89. The lowest BCUT2D eigenvalue weighted by Crippen LogP contribution is -2.13. The number of aliphatic hydroxyl groups excluding tert-OH is 1. The van der Waals surface area contributed by atoms with E-state index in [9.17, 15) is 4.39 Å². The molecule has 0 amide bonds. The zero-order valence-corrected chi connectivity index (χ0v) is 13.4. The monoisotopic (exact) mass is 335 g/mol. The Kier molecular flexibility index (Phi) is 6.59. The van der Waals surface area contributed by atoms with Crippen LogP contribution in [0.2, 0.25) is 5.02 Å². The molecule has 2 N–H and O–H groups in total. The predicted molar refractivity (Wildman–Crippen MR) is 90.0 cm³/mol. The van der Waals surface area contributed by atoms with Crippen LogP contribution in [0.1, 0.15) is 16.7 Å². The summed E-state index contributed by atoms with van der Waals surface area (Å²) in [5.41, 5.74) is 2.23. The molecule has 5 heteroatoms. The molecule has 0 atom stereocenters. The number of hydrogen-bond acceptors (Lipinski definition) is 3. The quantitative estimate of drug-likeness (QED) is 0.720. The molecule has 2 rings (SSSR count). The van der Waals surface area contributed by atoms with Crippen LogP contribution in [0, 0.1) is 5.82 Å². The van der Waals surface area contributed by atoms with Crippen LogP contribution in [0.3, 0.4) is 0 Å². The molecule has 0 radical (unpaired) electrons. The zero-order chi connectivity index (χ0) is 16.7. The van der Waals surface area contributed by atoms with E-state index in [1.807, 2.05) is 18.2 Å². The van der Waals surface area contributed by atoms with Gasteiger partial charge >= 0.3 is 0 Å². The van der Waals surface area contributed by atoms with E-state index in [0.29, 0.717) is 36.0 Å². The second-order valence-electron chi connectivity index (χ2n) is 5.05. The maximum absolute atomic E-state index is 13.3. The Labute approximate surface area is 140 Å². The van der Waals surface area contributed by atoms with Gasteiger partial charge in [0, 0.05) is 18.7 Å². The van der Waals surface area contributed by atoms with Crippen LogP contribution in [0.5, 0.6) is 5.75 Å². The minimum absolute atomic E-state index is 0.302. The van der Waals surface area contributed by atoms with E-state index in [4.69, 9.17) is 21.4 Å². The fraction of sp³-hybridized carbons (Fsp3) is 0.222. The highest BCUT2D eigenvalue weighted by Crippen LogP contribution is 2.25. The number of rotatable bonds is 8. The Balaban J connectivity index is 1.91. The van der Waals surface area contributed by atoms with E-state index in [0.717, 1.165) is 11.1 Å². The average Bonchev–Trinajstić information content (AvgIpc) is 2.55. The van der Waals surface area contributed by atoms with Gasteiger partial charge in [-0.25, -0.2) is 4.39 Å². The van der Waals surface area contributed by atoms with Gasteiger partial charge < -0.3 is 15.2 Å². The lowest BCUT2D eigenvalue weighted by atomic mass is 10.1. The molecule has 0 saturated heterocycles. The van der Waals surface area contributed by atoms with E-state index in [1.54, 1.807) is 18.2 Å². The first-order chi connectivity index (χ1) is 11.1. The van der Waals surface area contributed by atoms with Gasteiger partial charge in [0.25, 0.3) is 0 Å². The Bertz CT molecular complexity index is 676. The van der Waals surface area contributed by atoms with Gasteiger partial charge in [0.15, 0.2) is 0 Å². The molecule has 0 spiro atoms. The second-order valence-corrected chi connectivity index (χ2v) is 5.46. The highest BCUT2D eigenvalue weighted by atomic mass is 35.5. The third-order valence-electron chi connectivity index (χ3n) is 3.29. The molecule has 0 aliphatic carbocycles. The molecule has 0 aliphatic heterocycles. The number of halogens is 2. The zero-order valence-electron chi connectivity index (χ0n) is 12.7. The summed E-state index contributed by atoms with van der Waals surface area (Å²) in [5, 5.41) is 12.9. The molecule has 3 nitrogen and oxygen atoms in total. The summed E-state index contributed by atoms with van der Waals surface area (Å²) >= 11 is 6.16. The van der Waals surface area contributed by atoms with Crippen LogP contribution >= 0.6 is 11.6 Å². The Morgan fingerprint density at radius 1 is 1.17 bits per heavy atom. The normalized spacial score (nSPS) is 10.6. The van der Waals surface area contributed by atoms with Crippen LogP contribution in [0.25, 0.3) is 0 Å². The Morgan fingerprint density at radius 3 is 2.52 bits per heavy atom. The Morgan fingerprint density at radius 2 is 1.87 bits per heavy atom. The fourth-order valence-corrected chi connectivity index (χ4v) is 2.39. The molecule has 0 saturated carbocycles. The molecule has 0 aliphatic rings. The number of ether oxygens (including phenoxy) is 1. The van der Waals surface area contributed by atoms with E-state index >= 15 is 0 Å². The number of benzene rings is 2.